The molecule has 0 aliphatic heterocycles. The standard InChI is InChI=1S/C12H17BrN2O2/c1-9-5-10(7-14-6-9)12(16)15-11(3-4-13)8-17-2/h5-7,11H,3-4,8H2,1-2H3,(H,15,16). The quantitative estimate of drug-likeness (QED) is 0.817. The lowest BCUT2D eigenvalue weighted by Crippen LogP contribution is -2.38. The van der Waals surface area contributed by atoms with Crippen molar-refractivity contribution in [3.05, 3.63) is 29.6 Å². The lowest BCUT2D eigenvalue weighted by Gasteiger charge is -2.16. The predicted molar refractivity (Wildman–Crippen MR) is 70.5 cm³/mol. The molecule has 0 fully saturated rings. The van der Waals surface area contributed by atoms with Crippen molar-refractivity contribution in [2.75, 3.05) is 19.0 Å². The van der Waals surface area contributed by atoms with Crippen molar-refractivity contribution in [1.82, 2.24) is 10.3 Å². The third-order valence-corrected chi connectivity index (χ3v) is 2.76. The molecule has 0 saturated carbocycles. The molecule has 0 spiro atoms. The van der Waals surface area contributed by atoms with Crippen LogP contribution in [0.25, 0.3) is 0 Å². The van der Waals surface area contributed by atoms with E-state index in [4.69, 9.17) is 4.74 Å². The Hall–Kier alpha value is -0.940. The maximum absolute atomic E-state index is 11.9. The minimum atomic E-state index is -0.107. The third kappa shape index (κ3) is 4.83. The molecule has 0 saturated heterocycles. The van der Waals surface area contributed by atoms with E-state index in [1.54, 1.807) is 19.5 Å². The monoisotopic (exact) mass is 300 g/mol. The molecule has 17 heavy (non-hydrogen) atoms. The molecule has 94 valence electrons. The van der Waals surface area contributed by atoms with Gasteiger partial charge in [-0.15, -0.1) is 0 Å². The zero-order valence-electron chi connectivity index (χ0n) is 10.1. The molecule has 1 N–H and O–H groups in total. The average molecular weight is 301 g/mol. The van der Waals surface area contributed by atoms with E-state index < -0.39 is 0 Å². The highest BCUT2D eigenvalue weighted by molar-refractivity contribution is 9.09. The first-order valence-corrected chi connectivity index (χ1v) is 6.57. The first-order chi connectivity index (χ1) is 8.17. The van der Waals surface area contributed by atoms with Gasteiger partial charge in [-0.3, -0.25) is 9.78 Å². The van der Waals surface area contributed by atoms with E-state index in [2.05, 4.69) is 26.2 Å². The lowest BCUT2D eigenvalue weighted by atomic mass is 10.2. The molecule has 0 bridgehead atoms. The number of pyridine rings is 1. The van der Waals surface area contributed by atoms with Crippen LogP contribution in [0.15, 0.2) is 18.5 Å². The van der Waals surface area contributed by atoms with Gasteiger partial charge in [-0.05, 0) is 25.0 Å². The molecule has 5 heteroatoms. The van der Waals surface area contributed by atoms with Crippen molar-refractivity contribution in [1.29, 1.82) is 0 Å². The van der Waals surface area contributed by atoms with Crippen LogP contribution >= 0.6 is 15.9 Å². The average Bonchev–Trinajstić information content (AvgIpc) is 2.29. The molecular formula is C12H17BrN2O2. The first kappa shape index (κ1) is 14.1. The minimum Gasteiger partial charge on any atom is -0.383 e. The topological polar surface area (TPSA) is 51.2 Å². The molecule has 0 aliphatic carbocycles. The zero-order chi connectivity index (χ0) is 12.7. The van der Waals surface area contributed by atoms with Gasteiger partial charge in [0.2, 0.25) is 0 Å². The fourth-order valence-corrected chi connectivity index (χ4v) is 2.03. The summed E-state index contributed by atoms with van der Waals surface area (Å²) in [7, 11) is 1.63. The summed E-state index contributed by atoms with van der Waals surface area (Å²) in [6, 6.07) is 1.84. The Morgan fingerprint density at radius 1 is 1.59 bits per heavy atom. The highest BCUT2D eigenvalue weighted by atomic mass is 79.9. The number of methoxy groups -OCH3 is 1. The van der Waals surface area contributed by atoms with E-state index >= 15 is 0 Å². The molecule has 1 amide bonds. The summed E-state index contributed by atoms with van der Waals surface area (Å²) >= 11 is 3.36. The Kier molecular flexibility index (Phi) is 6.15. The van der Waals surface area contributed by atoms with E-state index in [-0.39, 0.29) is 11.9 Å². The van der Waals surface area contributed by atoms with E-state index in [0.29, 0.717) is 12.2 Å². The number of nitrogens with zero attached hydrogens (tertiary/aromatic N) is 1. The molecule has 0 aromatic carbocycles. The van der Waals surface area contributed by atoms with Crippen LogP contribution in [-0.2, 0) is 4.74 Å². The van der Waals surface area contributed by atoms with Gasteiger partial charge >= 0.3 is 0 Å². The Morgan fingerprint density at radius 3 is 2.94 bits per heavy atom. The Balaban J connectivity index is 2.63. The number of aromatic nitrogens is 1. The third-order valence-electron chi connectivity index (χ3n) is 2.30. The summed E-state index contributed by atoms with van der Waals surface area (Å²) < 4.78 is 5.07. The van der Waals surface area contributed by atoms with Gasteiger partial charge in [-0.2, -0.15) is 0 Å². The second kappa shape index (κ2) is 7.40. The van der Waals surface area contributed by atoms with Gasteiger partial charge in [0.25, 0.3) is 5.91 Å². The number of halogens is 1. The number of hydrogen-bond acceptors (Lipinski definition) is 3. The van der Waals surface area contributed by atoms with E-state index in [9.17, 15) is 4.79 Å². The minimum absolute atomic E-state index is 0.0207. The number of hydrogen-bond donors (Lipinski definition) is 1. The highest BCUT2D eigenvalue weighted by Gasteiger charge is 2.13. The van der Waals surface area contributed by atoms with Gasteiger partial charge in [0, 0.05) is 24.8 Å². The summed E-state index contributed by atoms with van der Waals surface area (Å²) in [5.41, 5.74) is 1.56. The van der Waals surface area contributed by atoms with Crippen LogP contribution in [0.5, 0.6) is 0 Å². The van der Waals surface area contributed by atoms with Crippen LogP contribution in [0.4, 0.5) is 0 Å². The van der Waals surface area contributed by atoms with E-state index in [1.807, 2.05) is 13.0 Å². The maximum atomic E-state index is 11.9. The molecule has 4 nitrogen and oxygen atoms in total. The molecule has 0 aliphatic rings. The van der Waals surface area contributed by atoms with Crippen LogP contribution in [0.1, 0.15) is 22.3 Å². The van der Waals surface area contributed by atoms with Crippen molar-refractivity contribution in [2.45, 2.75) is 19.4 Å². The van der Waals surface area contributed by atoms with Crippen molar-refractivity contribution in [2.24, 2.45) is 0 Å². The largest absolute Gasteiger partial charge is 0.383 e. The number of alkyl halides is 1. The summed E-state index contributed by atoms with van der Waals surface area (Å²) in [4.78, 5) is 15.9. The second-order valence-electron chi connectivity index (χ2n) is 3.85. The van der Waals surface area contributed by atoms with Crippen molar-refractivity contribution < 1.29 is 9.53 Å². The molecule has 1 heterocycles. The summed E-state index contributed by atoms with van der Waals surface area (Å²) in [5.74, 6) is -0.107. The Bertz CT molecular complexity index is 365. The normalized spacial score (nSPS) is 12.2. The Labute approximate surface area is 110 Å². The van der Waals surface area contributed by atoms with Crippen molar-refractivity contribution >= 4 is 21.8 Å². The summed E-state index contributed by atoms with van der Waals surface area (Å²) in [5, 5.41) is 3.76. The number of carbonyl (C=O) groups excluding carboxylic acids is 1. The number of aryl methyl sites for hydroxylation is 1. The van der Waals surface area contributed by atoms with Crippen LogP contribution < -0.4 is 5.32 Å². The molecule has 1 rings (SSSR count). The van der Waals surface area contributed by atoms with Gasteiger partial charge < -0.3 is 10.1 Å². The van der Waals surface area contributed by atoms with Crippen LogP contribution in [0.2, 0.25) is 0 Å². The van der Waals surface area contributed by atoms with Gasteiger partial charge in [-0.25, -0.2) is 0 Å². The number of carbonyl (C=O) groups is 1. The highest BCUT2D eigenvalue weighted by Crippen LogP contribution is 2.03. The van der Waals surface area contributed by atoms with Crippen molar-refractivity contribution in [3.63, 3.8) is 0 Å². The van der Waals surface area contributed by atoms with Gasteiger partial charge in [-0.1, -0.05) is 15.9 Å². The van der Waals surface area contributed by atoms with E-state index in [1.165, 1.54) is 0 Å². The van der Waals surface area contributed by atoms with Gasteiger partial charge in [0.05, 0.1) is 18.2 Å². The zero-order valence-corrected chi connectivity index (χ0v) is 11.7. The maximum Gasteiger partial charge on any atom is 0.253 e. The number of nitrogens with one attached hydrogen (secondary N) is 1. The summed E-state index contributed by atoms with van der Waals surface area (Å²) in [6.07, 6.45) is 4.13. The smallest absolute Gasteiger partial charge is 0.253 e. The van der Waals surface area contributed by atoms with Crippen LogP contribution in [-0.4, -0.2) is 36.0 Å². The molecular weight excluding hydrogens is 284 g/mol. The second-order valence-corrected chi connectivity index (χ2v) is 4.65. The summed E-state index contributed by atoms with van der Waals surface area (Å²) in [6.45, 7) is 2.42. The SMILES string of the molecule is COCC(CCBr)NC(=O)c1cncc(C)c1. The van der Waals surface area contributed by atoms with Crippen LogP contribution in [0.3, 0.4) is 0 Å². The van der Waals surface area contributed by atoms with Gasteiger partial charge in [0.1, 0.15) is 0 Å². The van der Waals surface area contributed by atoms with Crippen molar-refractivity contribution in [3.8, 4) is 0 Å². The lowest BCUT2D eigenvalue weighted by molar-refractivity contribution is 0.0895. The predicted octanol–water partition coefficient (Wildman–Crippen LogP) is 1.92. The number of amides is 1. The fraction of sp³-hybridized carbons (Fsp3) is 0.500. The van der Waals surface area contributed by atoms with Crippen LogP contribution in [0, 0.1) is 6.92 Å². The molecule has 1 unspecified atom stereocenters. The molecule has 1 atom stereocenters. The number of ether oxygens (including phenoxy) is 1. The Morgan fingerprint density at radius 2 is 2.35 bits per heavy atom. The van der Waals surface area contributed by atoms with E-state index in [0.717, 1.165) is 17.3 Å². The van der Waals surface area contributed by atoms with Gasteiger partial charge in [0.15, 0.2) is 0 Å². The molecule has 1 aromatic heterocycles. The molecule has 0 radical (unpaired) electrons. The fourth-order valence-electron chi connectivity index (χ4n) is 1.48. The number of rotatable bonds is 6. The first-order valence-electron chi connectivity index (χ1n) is 5.44. The molecule has 1 aromatic rings.